The van der Waals surface area contributed by atoms with Crippen LogP contribution in [0.1, 0.15) is 36.4 Å². The monoisotopic (exact) mass is 436 g/mol. The van der Waals surface area contributed by atoms with E-state index >= 15 is 0 Å². The minimum Gasteiger partial charge on any atom is -0.313 e. The number of benzene rings is 1. The summed E-state index contributed by atoms with van der Waals surface area (Å²) in [5.74, 6) is 0.711. The number of likely N-dealkylation sites (N-methyl/N-ethyl adjacent to an activating group) is 1. The summed E-state index contributed by atoms with van der Waals surface area (Å²) in [5, 5.41) is 0. The van der Waals surface area contributed by atoms with Gasteiger partial charge in [0.25, 0.3) is 5.56 Å². The topological polar surface area (TPSA) is 69.5 Å². The normalized spacial score (nSPS) is 12.0. The van der Waals surface area contributed by atoms with E-state index in [2.05, 4.69) is 30.2 Å². The fourth-order valence-corrected chi connectivity index (χ4v) is 4.50. The molecule has 0 saturated heterocycles. The molecule has 0 fully saturated rings. The predicted octanol–water partition coefficient (Wildman–Crippen LogP) is 2.46. The van der Waals surface area contributed by atoms with E-state index in [1.54, 1.807) is 7.05 Å². The molecule has 0 bridgehead atoms. The summed E-state index contributed by atoms with van der Waals surface area (Å²) in [6.07, 6.45) is 0. The second-order valence-electron chi connectivity index (χ2n) is 8.49. The van der Waals surface area contributed by atoms with Gasteiger partial charge in [-0.1, -0.05) is 43.7 Å². The highest BCUT2D eigenvalue weighted by atomic mass is 16.2. The Morgan fingerprint density at radius 2 is 1.72 bits per heavy atom. The maximum atomic E-state index is 13.6. The van der Waals surface area contributed by atoms with Crippen molar-refractivity contribution < 1.29 is 0 Å². The Kier molecular flexibility index (Phi) is 5.81. The molecule has 0 spiro atoms. The molecular formula is C24H32N6O2. The van der Waals surface area contributed by atoms with E-state index < -0.39 is 0 Å². The summed E-state index contributed by atoms with van der Waals surface area (Å²) in [7, 11) is 1.69. The fourth-order valence-electron chi connectivity index (χ4n) is 4.50. The minimum absolute atomic E-state index is 0.233. The quantitative estimate of drug-likeness (QED) is 0.446. The lowest BCUT2D eigenvalue weighted by molar-refractivity contribution is 0.291. The van der Waals surface area contributed by atoms with Crippen LogP contribution in [-0.4, -0.2) is 47.6 Å². The largest absolute Gasteiger partial charge is 0.332 e. The zero-order valence-electron chi connectivity index (χ0n) is 19.8. The Bertz CT molecular complexity index is 1410. The van der Waals surface area contributed by atoms with Crippen LogP contribution < -0.4 is 11.2 Å². The van der Waals surface area contributed by atoms with Crippen LogP contribution in [0.3, 0.4) is 0 Å². The van der Waals surface area contributed by atoms with Crippen LogP contribution in [0, 0.1) is 20.8 Å². The molecule has 0 amide bonds. The molecule has 4 aromatic rings. The van der Waals surface area contributed by atoms with Gasteiger partial charge in [-0.2, -0.15) is 4.98 Å². The van der Waals surface area contributed by atoms with E-state index in [0.717, 1.165) is 48.7 Å². The molecule has 0 aliphatic carbocycles. The first-order chi connectivity index (χ1) is 15.3. The molecule has 8 nitrogen and oxygen atoms in total. The number of rotatable bonds is 7. The van der Waals surface area contributed by atoms with Gasteiger partial charge < -0.3 is 9.47 Å². The molecule has 4 rings (SSSR count). The van der Waals surface area contributed by atoms with Gasteiger partial charge in [0.15, 0.2) is 11.2 Å². The summed E-state index contributed by atoms with van der Waals surface area (Å²) in [5.41, 5.74) is 4.30. The zero-order chi connectivity index (χ0) is 23.2. The van der Waals surface area contributed by atoms with Crippen LogP contribution >= 0.6 is 0 Å². The molecule has 8 heteroatoms. The van der Waals surface area contributed by atoms with Crippen LogP contribution in [0.25, 0.3) is 16.9 Å². The summed E-state index contributed by atoms with van der Waals surface area (Å²) >= 11 is 0. The van der Waals surface area contributed by atoms with Crippen LogP contribution in [0.2, 0.25) is 0 Å². The third kappa shape index (κ3) is 3.48. The summed E-state index contributed by atoms with van der Waals surface area (Å²) in [6.45, 7) is 14.3. The maximum absolute atomic E-state index is 13.6. The molecule has 1 aromatic carbocycles. The standard InChI is InChI=1S/C24H32N6O2/c1-7-27(8-2)12-13-28-17(4)18(5)30-20-21(25-23(28)30)26(6)24(32)29(22(20)31)15-19-11-9-10-16(3)14-19/h9-11,14H,7-8,12-13,15H2,1-6H3. The molecule has 0 radical (unpaired) electrons. The molecule has 0 unspecified atom stereocenters. The van der Waals surface area contributed by atoms with Gasteiger partial charge in [-0.3, -0.25) is 18.3 Å². The lowest BCUT2D eigenvalue weighted by atomic mass is 10.1. The SMILES string of the molecule is CCN(CC)CCn1c(C)c(C)n2c3c(=O)n(Cc4cccc(C)c4)c(=O)n(C)c3nc12. The van der Waals surface area contributed by atoms with Crippen molar-refractivity contribution in [2.45, 2.75) is 47.7 Å². The number of hydrogen-bond donors (Lipinski definition) is 0. The molecule has 0 aliphatic rings. The molecule has 3 heterocycles. The van der Waals surface area contributed by atoms with E-state index in [0.29, 0.717) is 16.9 Å². The van der Waals surface area contributed by atoms with Gasteiger partial charge in [-0.15, -0.1) is 0 Å². The Morgan fingerprint density at radius 3 is 2.38 bits per heavy atom. The van der Waals surface area contributed by atoms with Crippen LogP contribution in [0.15, 0.2) is 33.9 Å². The number of nitrogens with zero attached hydrogens (tertiary/aromatic N) is 6. The number of aryl methyl sites for hydroxylation is 3. The maximum Gasteiger partial charge on any atom is 0.332 e. The number of fused-ring (bicyclic) bond motifs is 3. The van der Waals surface area contributed by atoms with Crippen molar-refractivity contribution in [3.63, 3.8) is 0 Å². The minimum atomic E-state index is -0.353. The van der Waals surface area contributed by atoms with Crippen molar-refractivity contribution in [2.75, 3.05) is 19.6 Å². The number of aromatic nitrogens is 5. The molecule has 3 aromatic heterocycles. The van der Waals surface area contributed by atoms with Gasteiger partial charge >= 0.3 is 5.69 Å². The lowest BCUT2D eigenvalue weighted by Crippen LogP contribution is -2.39. The second-order valence-corrected chi connectivity index (χ2v) is 8.49. The summed E-state index contributed by atoms with van der Waals surface area (Å²) < 4.78 is 6.88. The van der Waals surface area contributed by atoms with Gasteiger partial charge in [0.05, 0.1) is 6.54 Å². The van der Waals surface area contributed by atoms with E-state index in [4.69, 9.17) is 4.98 Å². The smallest absolute Gasteiger partial charge is 0.313 e. The van der Waals surface area contributed by atoms with Crippen molar-refractivity contribution >= 4 is 16.9 Å². The highest BCUT2D eigenvalue weighted by molar-refractivity contribution is 5.76. The summed E-state index contributed by atoms with van der Waals surface area (Å²) in [4.78, 5) is 33.8. The van der Waals surface area contributed by atoms with Crippen LogP contribution in [0.5, 0.6) is 0 Å². The van der Waals surface area contributed by atoms with Gasteiger partial charge in [-0.05, 0) is 39.4 Å². The molecule has 0 N–H and O–H groups in total. The second kappa shape index (κ2) is 8.43. The average Bonchev–Trinajstić information content (AvgIpc) is 3.27. The lowest BCUT2D eigenvalue weighted by Gasteiger charge is -2.18. The van der Waals surface area contributed by atoms with E-state index in [-0.39, 0.29) is 17.8 Å². The van der Waals surface area contributed by atoms with Crippen molar-refractivity contribution in [1.29, 1.82) is 0 Å². The first-order valence-electron chi connectivity index (χ1n) is 11.2. The average molecular weight is 437 g/mol. The first kappa shape index (κ1) is 22.1. The molecule has 32 heavy (non-hydrogen) atoms. The highest BCUT2D eigenvalue weighted by Crippen LogP contribution is 2.20. The molecular weight excluding hydrogens is 404 g/mol. The van der Waals surface area contributed by atoms with Crippen molar-refractivity contribution in [3.8, 4) is 0 Å². The van der Waals surface area contributed by atoms with Crippen molar-refractivity contribution in [3.05, 3.63) is 67.6 Å². The van der Waals surface area contributed by atoms with Crippen molar-refractivity contribution in [2.24, 2.45) is 7.05 Å². The third-order valence-electron chi connectivity index (χ3n) is 6.59. The third-order valence-corrected chi connectivity index (χ3v) is 6.59. The Balaban J connectivity index is 1.92. The molecule has 0 aliphatic heterocycles. The van der Waals surface area contributed by atoms with Gasteiger partial charge in [0, 0.05) is 31.5 Å². The van der Waals surface area contributed by atoms with Gasteiger partial charge in [-0.25, -0.2) is 4.79 Å². The van der Waals surface area contributed by atoms with Gasteiger partial charge in [0.1, 0.15) is 0 Å². The molecule has 170 valence electrons. The van der Waals surface area contributed by atoms with Crippen LogP contribution in [-0.2, 0) is 20.1 Å². The number of hydrogen-bond acceptors (Lipinski definition) is 4. The Hall–Kier alpha value is -3.13. The van der Waals surface area contributed by atoms with Gasteiger partial charge in [0.2, 0.25) is 5.78 Å². The van der Waals surface area contributed by atoms with Crippen molar-refractivity contribution in [1.82, 2.24) is 28.0 Å². The van der Waals surface area contributed by atoms with Crippen LogP contribution in [0.4, 0.5) is 0 Å². The summed E-state index contributed by atoms with van der Waals surface area (Å²) in [6, 6.07) is 7.88. The fraction of sp³-hybridized carbons (Fsp3) is 0.458. The Labute approximate surface area is 187 Å². The number of imidazole rings is 2. The van der Waals surface area contributed by atoms with E-state index in [1.807, 2.05) is 42.5 Å². The molecule has 0 atom stereocenters. The predicted molar refractivity (Wildman–Crippen MR) is 128 cm³/mol. The zero-order valence-corrected chi connectivity index (χ0v) is 19.8. The molecule has 0 saturated carbocycles. The van der Waals surface area contributed by atoms with E-state index in [1.165, 1.54) is 9.13 Å². The highest BCUT2D eigenvalue weighted by Gasteiger charge is 2.22. The Morgan fingerprint density at radius 1 is 1.00 bits per heavy atom. The van der Waals surface area contributed by atoms with E-state index in [9.17, 15) is 9.59 Å². The first-order valence-corrected chi connectivity index (χ1v) is 11.2.